The van der Waals surface area contributed by atoms with Gasteiger partial charge in [0.15, 0.2) is 0 Å². The SMILES string of the molecule is CC(C)c1ccnn1-c1ncc(Cl)cn1. The molecular weight excluding hydrogens is 212 g/mol. The highest BCUT2D eigenvalue weighted by Crippen LogP contribution is 2.16. The predicted molar refractivity (Wildman–Crippen MR) is 58.3 cm³/mol. The van der Waals surface area contributed by atoms with E-state index < -0.39 is 0 Å². The summed E-state index contributed by atoms with van der Waals surface area (Å²) in [5.41, 5.74) is 1.08. The van der Waals surface area contributed by atoms with E-state index in [1.54, 1.807) is 23.3 Å². The lowest BCUT2D eigenvalue weighted by Gasteiger charge is -2.07. The zero-order valence-electron chi connectivity index (χ0n) is 8.55. The van der Waals surface area contributed by atoms with Crippen LogP contribution in [0.2, 0.25) is 5.02 Å². The van der Waals surface area contributed by atoms with E-state index >= 15 is 0 Å². The zero-order chi connectivity index (χ0) is 10.8. The molecule has 0 atom stereocenters. The topological polar surface area (TPSA) is 43.6 Å². The van der Waals surface area contributed by atoms with E-state index in [9.17, 15) is 0 Å². The maximum atomic E-state index is 5.72. The number of hydrogen-bond donors (Lipinski definition) is 0. The van der Waals surface area contributed by atoms with Crippen LogP contribution < -0.4 is 0 Å². The third-order valence-electron chi connectivity index (χ3n) is 2.06. The van der Waals surface area contributed by atoms with Gasteiger partial charge in [-0.05, 0) is 12.0 Å². The van der Waals surface area contributed by atoms with Gasteiger partial charge in [0.05, 0.1) is 23.1 Å². The fraction of sp³-hybridized carbons (Fsp3) is 0.300. The van der Waals surface area contributed by atoms with Crippen LogP contribution in [0.3, 0.4) is 0 Å². The zero-order valence-corrected chi connectivity index (χ0v) is 9.31. The van der Waals surface area contributed by atoms with Crippen molar-refractivity contribution in [3.05, 3.63) is 35.4 Å². The molecule has 0 aliphatic carbocycles. The van der Waals surface area contributed by atoms with Crippen molar-refractivity contribution in [2.24, 2.45) is 0 Å². The number of rotatable bonds is 2. The molecule has 2 heterocycles. The molecule has 5 heteroatoms. The Bertz CT molecular complexity index is 447. The maximum Gasteiger partial charge on any atom is 0.250 e. The van der Waals surface area contributed by atoms with Crippen LogP contribution in [0.15, 0.2) is 24.7 Å². The van der Waals surface area contributed by atoms with Crippen LogP contribution in [0.5, 0.6) is 0 Å². The highest BCUT2D eigenvalue weighted by molar-refractivity contribution is 6.30. The molecule has 0 aromatic carbocycles. The van der Waals surface area contributed by atoms with Crippen molar-refractivity contribution >= 4 is 11.6 Å². The van der Waals surface area contributed by atoms with Gasteiger partial charge >= 0.3 is 0 Å². The number of hydrogen-bond acceptors (Lipinski definition) is 3. The van der Waals surface area contributed by atoms with Gasteiger partial charge in [0, 0.05) is 6.20 Å². The smallest absolute Gasteiger partial charge is 0.218 e. The minimum Gasteiger partial charge on any atom is -0.218 e. The third-order valence-corrected chi connectivity index (χ3v) is 2.25. The molecule has 0 amide bonds. The molecule has 2 aromatic rings. The summed E-state index contributed by atoms with van der Waals surface area (Å²) in [6.45, 7) is 4.20. The monoisotopic (exact) mass is 222 g/mol. The second-order valence-electron chi connectivity index (χ2n) is 3.52. The van der Waals surface area contributed by atoms with E-state index in [2.05, 4.69) is 28.9 Å². The van der Waals surface area contributed by atoms with Crippen molar-refractivity contribution in [1.29, 1.82) is 0 Å². The molecule has 0 saturated carbocycles. The molecular formula is C10H11ClN4. The van der Waals surface area contributed by atoms with Gasteiger partial charge in [-0.3, -0.25) is 0 Å². The van der Waals surface area contributed by atoms with Crippen molar-refractivity contribution in [3.8, 4) is 5.95 Å². The van der Waals surface area contributed by atoms with Gasteiger partial charge in [-0.25, -0.2) is 14.6 Å². The Morgan fingerprint density at radius 1 is 1.27 bits per heavy atom. The summed E-state index contributed by atoms with van der Waals surface area (Å²) >= 11 is 5.72. The molecule has 0 saturated heterocycles. The van der Waals surface area contributed by atoms with E-state index in [1.807, 2.05) is 6.07 Å². The van der Waals surface area contributed by atoms with E-state index in [0.29, 0.717) is 16.9 Å². The quantitative estimate of drug-likeness (QED) is 0.784. The number of halogens is 1. The van der Waals surface area contributed by atoms with Crippen molar-refractivity contribution in [1.82, 2.24) is 19.7 Å². The van der Waals surface area contributed by atoms with Gasteiger partial charge in [0.2, 0.25) is 0 Å². The van der Waals surface area contributed by atoms with Gasteiger partial charge < -0.3 is 0 Å². The Morgan fingerprint density at radius 3 is 2.53 bits per heavy atom. The molecule has 78 valence electrons. The standard InChI is InChI=1S/C10H11ClN4/c1-7(2)9-3-4-14-15(9)10-12-5-8(11)6-13-10/h3-7H,1-2H3. The number of aromatic nitrogens is 4. The highest BCUT2D eigenvalue weighted by Gasteiger charge is 2.09. The average molecular weight is 223 g/mol. The van der Waals surface area contributed by atoms with Gasteiger partial charge in [0.25, 0.3) is 5.95 Å². The molecule has 0 spiro atoms. The summed E-state index contributed by atoms with van der Waals surface area (Å²) in [5, 5.41) is 4.71. The minimum absolute atomic E-state index is 0.381. The van der Waals surface area contributed by atoms with E-state index in [0.717, 1.165) is 5.69 Å². The van der Waals surface area contributed by atoms with Gasteiger partial charge in [-0.1, -0.05) is 25.4 Å². The molecule has 2 aromatic heterocycles. The lowest BCUT2D eigenvalue weighted by atomic mass is 10.1. The largest absolute Gasteiger partial charge is 0.250 e. The fourth-order valence-corrected chi connectivity index (χ4v) is 1.43. The minimum atomic E-state index is 0.381. The first-order valence-electron chi connectivity index (χ1n) is 4.70. The lowest BCUT2D eigenvalue weighted by molar-refractivity contribution is 0.704. The summed E-state index contributed by atoms with van der Waals surface area (Å²) in [7, 11) is 0. The van der Waals surface area contributed by atoms with Crippen molar-refractivity contribution < 1.29 is 0 Å². The Morgan fingerprint density at radius 2 is 1.93 bits per heavy atom. The first-order valence-corrected chi connectivity index (χ1v) is 5.08. The first kappa shape index (κ1) is 10.1. The molecule has 0 aliphatic heterocycles. The van der Waals surface area contributed by atoms with E-state index in [4.69, 9.17) is 11.6 Å². The second kappa shape index (κ2) is 3.98. The summed E-state index contributed by atoms with van der Waals surface area (Å²) < 4.78 is 1.72. The first-order chi connectivity index (χ1) is 7.18. The molecule has 0 radical (unpaired) electrons. The van der Waals surface area contributed by atoms with Crippen molar-refractivity contribution in [2.45, 2.75) is 19.8 Å². The van der Waals surface area contributed by atoms with Crippen molar-refractivity contribution in [3.63, 3.8) is 0 Å². The van der Waals surface area contributed by atoms with E-state index in [1.165, 1.54) is 0 Å². The van der Waals surface area contributed by atoms with Crippen LogP contribution in [0.4, 0.5) is 0 Å². The van der Waals surface area contributed by atoms with Crippen LogP contribution in [-0.4, -0.2) is 19.7 Å². The molecule has 0 fully saturated rings. The highest BCUT2D eigenvalue weighted by atomic mass is 35.5. The summed E-state index contributed by atoms with van der Waals surface area (Å²) in [6, 6.07) is 1.96. The van der Waals surface area contributed by atoms with Crippen LogP contribution >= 0.6 is 11.6 Å². The van der Waals surface area contributed by atoms with Crippen LogP contribution in [0.25, 0.3) is 5.95 Å². The van der Waals surface area contributed by atoms with Crippen LogP contribution in [0.1, 0.15) is 25.5 Å². The average Bonchev–Trinajstić information content (AvgIpc) is 2.67. The second-order valence-corrected chi connectivity index (χ2v) is 3.96. The predicted octanol–water partition coefficient (Wildman–Crippen LogP) is 2.44. The lowest BCUT2D eigenvalue weighted by Crippen LogP contribution is -2.07. The van der Waals surface area contributed by atoms with Crippen LogP contribution in [-0.2, 0) is 0 Å². The molecule has 2 rings (SSSR count). The molecule has 15 heavy (non-hydrogen) atoms. The van der Waals surface area contributed by atoms with Gasteiger partial charge in [-0.2, -0.15) is 5.10 Å². The summed E-state index contributed by atoms with van der Waals surface area (Å²) in [6.07, 6.45) is 4.87. The Kier molecular flexibility index (Phi) is 2.68. The van der Waals surface area contributed by atoms with Gasteiger partial charge in [0.1, 0.15) is 0 Å². The van der Waals surface area contributed by atoms with Crippen LogP contribution in [0, 0.1) is 0 Å². The third kappa shape index (κ3) is 1.99. The Hall–Kier alpha value is -1.42. The molecule has 0 bridgehead atoms. The normalized spacial score (nSPS) is 10.9. The Balaban J connectivity index is 2.45. The molecule has 0 unspecified atom stereocenters. The maximum absolute atomic E-state index is 5.72. The summed E-state index contributed by atoms with van der Waals surface area (Å²) in [4.78, 5) is 8.24. The molecule has 0 N–H and O–H groups in total. The Labute approximate surface area is 92.9 Å². The van der Waals surface area contributed by atoms with Crippen molar-refractivity contribution in [2.75, 3.05) is 0 Å². The number of nitrogens with zero attached hydrogens (tertiary/aromatic N) is 4. The summed E-state index contributed by atoms with van der Waals surface area (Å²) in [5.74, 6) is 0.930. The van der Waals surface area contributed by atoms with Gasteiger partial charge in [-0.15, -0.1) is 0 Å². The molecule has 4 nitrogen and oxygen atoms in total. The molecule has 0 aliphatic rings. The fourth-order valence-electron chi connectivity index (χ4n) is 1.33. The van der Waals surface area contributed by atoms with E-state index in [-0.39, 0.29) is 0 Å².